The molecule has 1 aromatic heterocycles. The van der Waals surface area contributed by atoms with Crippen LogP contribution in [0.25, 0.3) is 6.08 Å². The van der Waals surface area contributed by atoms with Crippen molar-refractivity contribution in [2.75, 3.05) is 6.54 Å². The van der Waals surface area contributed by atoms with Gasteiger partial charge in [0.2, 0.25) is 15.9 Å². The molecule has 0 radical (unpaired) electrons. The summed E-state index contributed by atoms with van der Waals surface area (Å²) in [5.74, 6) is 0.485. The number of benzene rings is 2. The number of amides is 1. The Hall–Kier alpha value is -3.49. The average molecular weight is 452 g/mol. The minimum Gasteiger partial charge on any atom is -0.489 e. The minimum absolute atomic E-state index is 0.0222. The van der Waals surface area contributed by atoms with E-state index in [-0.39, 0.29) is 18.9 Å². The molecular formula is C24H25N3O4S. The van der Waals surface area contributed by atoms with E-state index in [9.17, 15) is 13.2 Å². The summed E-state index contributed by atoms with van der Waals surface area (Å²) in [6.07, 6.45) is 5.02. The molecule has 0 spiro atoms. The quantitative estimate of drug-likeness (QED) is 0.466. The zero-order valence-electron chi connectivity index (χ0n) is 17.5. The zero-order valence-corrected chi connectivity index (χ0v) is 18.3. The Morgan fingerprint density at radius 1 is 0.969 bits per heavy atom. The van der Waals surface area contributed by atoms with E-state index in [1.807, 2.05) is 54.6 Å². The topological polar surface area (TPSA) is 97.4 Å². The smallest absolute Gasteiger partial charge is 0.233 e. The molecule has 2 N–H and O–H groups in total. The number of nitrogens with one attached hydrogen (secondary N) is 2. The molecule has 0 unspecified atom stereocenters. The molecule has 1 heterocycles. The van der Waals surface area contributed by atoms with Crippen LogP contribution in [0.5, 0.6) is 5.75 Å². The van der Waals surface area contributed by atoms with Crippen LogP contribution < -0.4 is 14.8 Å². The summed E-state index contributed by atoms with van der Waals surface area (Å²) < 4.78 is 32.1. The highest BCUT2D eigenvalue weighted by molar-refractivity contribution is 7.92. The number of sulfonamides is 1. The monoisotopic (exact) mass is 451 g/mol. The number of ether oxygens (including phenoxy) is 1. The van der Waals surface area contributed by atoms with Gasteiger partial charge in [-0.3, -0.25) is 9.78 Å². The molecule has 0 bridgehead atoms. The van der Waals surface area contributed by atoms with Gasteiger partial charge in [-0.15, -0.1) is 0 Å². The maximum Gasteiger partial charge on any atom is 0.233 e. The van der Waals surface area contributed by atoms with Crippen molar-refractivity contribution in [3.63, 3.8) is 0 Å². The maximum absolute atomic E-state index is 12.0. The number of pyridine rings is 1. The minimum atomic E-state index is -3.60. The van der Waals surface area contributed by atoms with Gasteiger partial charge in [0, 0.05) is 42.9 Å². The van der Waals surface area contributed by atoms with Crippen molar-refractivity contribution in [3.8, 4) is 5.75 Å². The summed E-state index contributed by atoms with van der Waals surface area (Å²) in [5, 5.41) is 3.87. The Morgan fingerprint density at radius 3 is 2.47 bits per heavy atom. The van der Waals surface area contributed by atoms with E-state index >= 15 is 0 Å². The summed E-state index contributed by atoms with van der Waals surface area (Å²) in [6.45, 7) is 0.803. The Labute approximate surface area is 188 Å². The van der Waals surface area contributed by atoms with Crippen molar-refractivity contribution < 1.29 is 17.9 Å². The molecule has 3 aromatic rings. The molecule has 0 atom stereocenters. The average Bonchev–Trinajstić information content (AvgIpc) is 2.82. The zero-order chi connectivity index (χ0) is 22.7. The van der Waals surface area contributed by atoms with E-state index in [0.717, 1.165) is 27.8 Å². The third-order valence-electron chi connectivity index (χ3n) is 4.44. The van der Waals surface area contributed by atoms with Gasteiger partial charge in [0.25, 0.3) is 0 Å². The van der Waals surface area contributed by atoms with Gasteiger partial charge in [-0.1, -0.05) is 48.5 Å². The van der Waals surface area contributed by atoms with Crippen LogP contribution in [0.4, 0.5) is 0 Å². The fourth-order valence-electron chi connectivity index (χ4n) is 2.73. The Morgan fingerprint density at radius 2 is 1.75 bits per heavy atom. The molecule has 8 heteroatoms. The first-order chi connectivity index (χ1) is 15.5. The second-order valence-corrected chi connectivity index (χ2v) is 8.62. The van der Waals surface area contributed by atoms with Gasteiger partial charge in [0.05, 0.1) is 0 Å². The van der Waals surface area contributed by atoms with Crippen LogP contribution in [-0.4, -0.2) is 25.9 Å². The third kappa shape index (κ3) is 8.33. The van der Waals surface area contributed by atoms with Crippen LogP contribution in [0.2, 0.25) is 0 Å². The van der Waals surface area contributed by atoms with E-state index in [2.05, 4.69) is 15.0 Å². The molecule has 0 aliphatic heterocycles. The molecule has 3 rings (SSSR count). The number of rotatable bonds is 11. The van der Waals surface area contributed by atoms with Gasteiger partial charge in [0.1, 0.15) is 12.4 Å². The van der Waals surface area contributed by atoms with Crippen LogP contribution in [-0.2, 0) is 28.0 Å². The number of hydrogen-bond donors (Lipinski definition) is 2. The second kappa shape index (κ2) is 11.8. The van der Waals surface area contributed by atoms with Gasteiger partial charge in [-0.05, 0) is 35.4 Å². The highest BCUT2D eigenvalue weighted by atomic mass is 32.2. The first-order valence-electron chi connectivity index (χ1n) is 10.1. The molecule has 7 nitrogen and oxygen atoms in total. The highest BCUT2D eigenvalue weighted by Gasteiger charge is 2.07. The van der Waals surface area contributed by atoms with Crippen molar-refractivity contribution in [1.29, 1.82) is 0 Å². The summed E-state index contributed by atoms with van der Waals surface area (Å²) >= 11 is 0. The second-order valence-electron chi connectivity index (χ2n) is 6.97. The first-order valence-corrected chi connectivity index (χ1v) is 11.6. The normalized spacial score (nSPS) is 11.4. The van der Waals surface area contributed by atoms with Crippen LogP contribution in [0, 0.1) is 0 Å². The van der Waals surface area contributed by atoms with E-state index in [1.165, 1.54) is 6.08 Å². The third-order valence-corrected chi connectivity index (χ3v) is 5.54. The molecule has 0 aliphatic rings. The molecule has 32 heavy (non-hydrogen) atoms. The Kier molecular flexibility index (Phi) is 8.53. The van der Waals surface area contributed by atoms with Crippen molar-refractivity contribution >= 4 is 22.0 Å². The molecule has 1 amide bonds. The van der Waals surface area contributed by atoms with Crippen LogP contribution >= 0.6 is 0 Å². The predicted octanol–water partition coefficient (Wildman–Crippen LogP) is 3.26. The van der Waals surface area contributed by atoms with Gasteiger partial charge in [-0.2, -0.15) is 0 Å². The molecule has 0 aliphatic carbocycles. The van der Waals surface area contributed by atoms with Crippen LogP contribution in [0.3, 0.4) is 0 Å². The molecule has 0 saturated heterocycles. The van der Waals surface area contributed by atoms with Gasteiger partial charge in [0.15, 0.2) is 0 Å². The van der Waals surface area contributed by atoms with Crippen molar-refractivity contribution in [2.24, 2.45) is 0 Å². The van der Waals surface area contributed by atoms with E-state index in [4.69, 9.17) is 4.74 Å². The lowest BCUT2D eigenvalue weighted by molar-refractivity contribution is -0.121. The SMILES string of the molecule is O=C(CCNS(=O)(=O)/C=C/c1ccccc1)NCc1ccc(OCc2cccnc2)cc1. The Bertz CT molecular complexity index is 1120. The van der Waals surface area contributed by atoms with Gasteiger partial charge < -0.3 is 10.1 Å². The van der Waals surface area contributed by atoms with E-state index in [1.54, 1.807) is 24.5 Å². The standard InChI is InChI=1S/C24H25N3O4S/c28-24(12-15-27-32(29,30)16-13-20-5-2-1-3-6-20)26-18-21-8-10-23(11-9-21)31-19-22-7-4-14-25-17-22/h1-11,13-14,16-17,27H,12,15,18-19H2,(H,26,28)/b16-13+. The number of carbonyl (C=O) groups is 1. The molecular weight excluding hydrogens is 426 g/mol. The van der Waals surface area contributed by atoms with Gasteiger partial charge >= 0.3 is 0 Å². The summed E-state index contributed by atoms with van der Waals surface area (Å²) in [4.78, 5) is 16.1. The fourth-order valence-corrected chi connectivity index (χ4v) is 3.55. The molecule has 166 valence electrons. The number of aromatic nitrogens is 1. The first kappa shape index (κ1) is 23.2. The predicted molar refractivity (Wildman–Crippen MR) is 124 cm³/mol. The van der Waals surface area contributed by atoms with Crippen molar-refractivity contribution in [1.82, 2.24) is 15.0 Å². The van der Waals surface area contributed by atoms with Crippen molar-refractivity contribution in [3.05, 3.63) is 101 Å². The van der Waals surface area contributed by atoms with E-state index in [0.29, 0.717) is 13.2 Å². The molecule has 2 aromatic carbocycles. The van der Waals surface area contributed by atoms with Crippen LogP contribution in [0.1, 0.15) is 23.1 Å². The summed E-state index contributed by atoms with van der Waals surface area (Å²) in [7, 11) is -3.60. The number of nitrogens with zero attached hydrogens (tertiary/aromatic N) is 1. The summed E-state index contributed by atoms with van der Waals surface area (Å²) in [5.41, 5.74) is 2.68. The van der Waals surface area contributed by atoms with E-state index < -0.39 is 10.0 Å². The summed E-state index contributed by atoms with van der Waals surface area (Å²) in [6, 6.07) is 20.3. The lowest BCUT2D eigenvalue weighted by Gasteiger charge is -2.08. The molecule has 0 fully saturated rings. The number of carbonyl (C=O) groups excluding carboxylic acids is 1. The highest BCUT2D eigenvalue weighted by Crippen LogP contribution is 2.14. The Balaban J connectivity index is 1.36. The maximum atomic E-state index is 12.0. The largest absolute Gasteiger partial charge is 0.489 e. The number of hydrogen-bond acceptors (Lipinski definition) is 5. The molecule has 0 saturated carbocycles. The van der Waals surface area contributed by atoms with Crippen LogP contribution in [0.15, 0.2) is 84.5 Å². The fraction of sp³-hybridized carbons (Fsp3) is 0.167. The van der Waals surface area contributed by atoms with Crippen molar-refractivity contribution in [2.45, 2.75) is 19.6 Å². The van der Waals surface area contributed by atoms with Gasteiger partial charge in [-0.25, -0.2) is 13.1 Å². The lowest BCUT2D eigenvalue weighted by atomic mass is 10.2. The lowest BCUT2D eigenvalue weighted by Crippen LogP contribution is -2.29.